The van der Waals surface area contributed by atoms with Crippen LogP contribution in [0.2, 0.25) is 0 Å². The molecule has 3 rings (SSSR count). The van der Waals surface area contributed by atoms with Crippen LogP contribution in [0.3, 0.4) is 0 Å². The number of rotatable bonds is 4. The van der Waals surface area contributed by atoms with Gasteiger partial charge < -0.3 is 0 Å². The van der Waals surface area contributed by atoms with Gasteiger partial charge in [-0.25, -0.2) is 0 Å². The van der Waals surface area contributed by atoms with Gasteiger partial charge in [0.25, 0.3) is 0 Å². The smallest absolute Gasteiger partial charge is 0.150 e. The van der Waals surface area contributed by atoms with E-state index in [0.717, 1.165) is 0 Å². The largest absolute Gasteiger partial charge is 0.269 e. The minimum Gasteiger partial charge on any atom is -0.269 e. The van der Waals surface area contributed by atoms with Gasteiger partial charge in [-0.3, -0.25) is 14.7 Å². The summed E-state index contributed by atoms with van der Waals surface area (Å²) in [5, 5.41) is 0. The minimum atomic E-state index is 0.144. The summed E-state index contributed by atoms with van der Waals surface area (Å²) in [6, 6.07) is 0. The van der Waals surface area contributed by atoms with E-state index in [1.807, 2.05) is 0 Å². The molecule has 0 radical (unpaired) electrons. The number of hydrogen-bond donors (Lipinski definition) is 0. The van der Waals surface area contributed by atoms with Crippen LogP contribution >= 0.6 is 0 Å². The molecular formula is C15H29N3Si. The van der Waals surface area contributed by atoms with Crippen LogP contribution in [-0.2, 0) is 0 Å². The Morgan fingerprint density at radius 3 is 1.21 bits per heavy atom. The summed E-state index contributed by atoms with van der Waals surface area (Å²) >= 11 is 0. The topological polar surface area (TPSA) is 9.72 Å². The van der Waals surface area contributed by atoms with Crippen molar-refractivity contribution in [2.75, 3.05) is 39.3 Å². The third-order valence-electron chi connectivity index (χ3n) is 5.10. The predicted octanol–water partition coefficient (Wildman–Crippen LogP) is 0.807. The van der Waals surface area contributed by atoms with Gasteiger partial charge in [-0.05, 0) is 44.6 Å². The standard InChI is InChI=1S/C15H29N3Si/c19-14-7-15(16-8-1-2-9-16,17-10-3-4-11-17)18-12-5-6-13-18/h7,14H,1-6,8-13H2,19H3. The average Bonchev–Trinajstić information content (AvgIpc) is 3.18. The van der Waals surface area contributed by atoms with E-state index >= 15 is 0 Å². The minimum absolute atomic E-state index is 0.144. The molecule has 0 aromatic carbocycles. The van der Waals surface area contributed by atoms with Gasteiger partial charge in [0.2, 0.25) is 0 Å². The van der Waals surface area contributed by atoms with Gasteiger partial charge in [0.05, 0.1) is 0 Å². The van der Waals surface area contributed by atoms with Gasteiger partial charge in [-0.2, -0.15) is 0 Å². The van der Waals surface area contributed by atoms with Crippen molar-refractivity contribution in [3.8, 4) is 0 Å². The monoisotopic (exact) mass is 279 g/mol. The SMILES string of the molecule is [SiH3]C=CC(N1CCCC1)(N1CCCC1)N1CCCC1. The predicted molar refractivity (Wildman–Crippen MR) is 84.2 cm³/mol. The summed E-state index contributed by atoms with van der Waals surface area (Å²) in [5.74, 6) is 0.144. The van der Waals surface area contributed by atoms with Crippen molar-refractivity contribution >= 4 is 10.2 Å². The van der Waals surface area contributed by atoms with E-state index in [1.165, 1.54) is 88.0 Å². The molecule has 3 fully saturated rings. The van der Waals surface area contributed by atoms with Gasteiger partial charge >= 0.3 is 0 Å². The Balaban J connectivity index is 1.93. The average molecular weight is 280 g/mol. The van der Waals surface area contributed by atoms with E-state index in [4.69, 9.17) is 0 Å². The Morgan fingerprint density at radius 2 is 0.947 bits per heavy atom. The Hall–Kier alpha value is -0.163. The van der Waals surface area contributed by atoms with Crippen LogP contribution in [0.15, 0.2) is 11.8 Å². The maximum Gasteiger partial charge on any atom is 0.150 e. The third-order valence-corrected chi connectivity index (χ3v) is 5.44. The van der Waals surface area contributed by atoms with Crippen LogP contribution in [0.1, 0.15) is 38.5 Å². The van der Waals surface area contributed by atoms with Gasteiger partial charge in [0.1, 0.15) is 0 Å². The molecular weight excluding hydrogens is 250 g/mol. The highest BCUT2D eigenvalue weighted by Gasteiger charge is 2.47. The molecule has 4 heteroatoms. The molecule has 0 aromatic heterocycles. The first kappa shape index (κ1) is 13.8. The van der Waals surface area contributed by atoms with E-state index in [0.29, 0.717) is 0 Å². The molecule has 3 nitrogen and oxygen atoms in total. The molecule has 0 spiro atoms. The van der Waals surface area contributed by atoms with Gasteiger partial charge in [0.15, 0.2) is 5.79 Å². The zero-order valence-electron chi connectivity index (χ0n) is 12.5. The van der Waals surface area contributed by atoms with Crippen molar-refractivity contribution in [3.63, 3.8) is 0 Å². The highest BCUT2D eigenvalue weighted by Crippen LogP contribution is 2.35. The lowest BCUT2D eigenvalue weighted by Crippen LogP contribution is -2.67. The van der Waals surface area contributed by atoms with Crippen molar-refractivity contribution in [1.29, 1.82) is 0 Å². The first-order valence-corrected chi connectivity index (χ1v) is 9.42. The van der Waals surface area contributed by atoms with Crippen molar-refractivity contribution in [3.05, 3.63) is 11.8 Å². The van der Waals surface area contributed by atoms with E-state index in [-0.39, 0.29) is 5.79 Å². The quantitative estimate of drug-likeness (QED) is 0.705. The summed E-state index contributed by atoms with van der Waals surface area (Å²) in [4.78, 5) is 8.33. The maximum absolute atomic E-state index is 2.78. The molecule has 0 aliphatic carbocycles. The molecule has 0 saturated carbocycles. The molecule has 0 N–H and O–H groups in total. The second-order valence-corrected chi connectivity index (χ2v) is 6.94. The van der Waals surface area contributed by atoms with E-state index in [2.05, 4.69) is 26.5 Å². The molecule has 108 valence electrons. The summed E-state index contributed by atoms with van der Waals surface area (Å²) in [6.45, 7) is 7.74. The second-order valence-electron chi connectivity index (χ2n) is 6.27. The fraction of sp³-hybridized carbons (Fsp3) is 0.867. The van der Waals surface area contributed by atoms with Crippen LogP contribution in [0.5, 0.6) is 0 Å². The molecule has 0 aromatic rings. The second kappa shape index (κ2) is 6.08. The number of hydrogen-bond acceptors (Lipinski definition) is 3. The maximum atomic E-state index is 2.78. The molecule has 3 saturated heterocycles. The summed E-state index contributed by atoms with van der Waals surface area (Å²) < 4.78 is 0. The normalized spacial score (nSPS) is 28.2. The summed E-state index contributed by atoms with van der Waals surface area (Å²) in [5.41, 5.74) is 2.43. The first-order chi connectivity index (χ1) is 9.38. The highest BCUT2D eigenvalue weighted by atomic mass is 28.1. The Bertz CT molecular complexity index is 273. The lowest BCUT2D eigenvalue weighted by Gasteiger charge is -2.52. The lowest BCUT2D eigenvalue weighted by atomic mass is 10.2. The molecule has 3 heterocycles. The van der Waals surface area contributed by atoms with Gasteiger partial charge in [-0.1, -0.05) is 0 Å². The van der Waals surface area contributed by atoms with Crippen molar-refractivity contribution in [2.45, 2.75) is 44.3 Å². The molecule has 0 unspecified atom stereocenters. The molecule has 0 amide bonds. The van der Waals surface area contributed by atoms with E-state index in [1.54, 1.807) is 0 Å². The first-order valence-electron chi connectivity index (χ1n) is 8.27. The van der Waals surface area contributed by atoms with E-state index in [9.17, 15) is 0 Å². The highest BCUT2D eigenvalue weighted by molar-refractivity contribution is 6.17. The summed E-state index contributed by atoms with van der Waals surface area (Å²) in [7, 11) is 1.17. The summed E-state index contributed by atoms with van der Waals surface area (Å²) in [6.07, 6.45) is 10.9. The molecule has 3 aliphatic heterocycles. The van der Waals surface area contributed by atoms with Crippen molar-refractivity contribution < 1.29 is 0 Å². The van der Waals surface area contributed by atoms with Crippen LogP contribution in [0, 0.1) is 0 Å². The molecule has 0 atom stereocenters. The number of likely N-dealkylation sites (tertiary alicyclic amines) is 3. The van der Waals surface area contributed by atoms with Crippen molar-refractivity contribution in [2.24, 2.45) is 0 Å². The van der Waals surface area contributed by atoms with Crippen LogP contribution in [-0.4, -0.2) is 70.0 Å². The Labute approximate surface area is 121 Å². The lowest BCUT2D eigenvalue weighted by molar-refractivity contribution is -0.108. The third kappa shape index (κ3) is 2.44. The van der Waals surface area contributed by atoms with Gasteiger partial charge in [0, 0.05) is 49.5 Å². The van der Waals surface area contributed by atoms with Crippen LogP contribution < -0.4 is 0 Å². The van der Waals surface area contributed by atoms with Gasteiger partial charge in [-0.15, -0.1) is 5.70 Å². The fourth-order valence-electron chi connectivity index (χ4n) is 4.28. The molecule has 0 bridgehead atoms. The zero-order valence-corrected chi connectivity index (χ0v) is 14.5. The Morgan fingerprint density at radius 1 is 0.632 bits per heavy atom. The van der Waals surface area contributed by atoms with Crippen molar-refractivity contribution in [1.82, 2.24) is 14.7 Å². The van der Waals surface area contributed by atoms with E-state index < -0.39 is 0 Å². The fourth-order valence-corrected chi connectivity index (χ4v) is 4.73. The molecule has 3 aliphatic rings. The Kier molecular flexibility index (Phi) is 4.42. The number of nitrogens with zero attached hydrogens (tertiary/aromatic N) is 3. The zero-order chi connectivity index (χ0) is 13.1. The van der Waals surface area contributed by atoms with Crippen LogP contribution in [0.25, 0.3) is 0 Å². The molecule has 19 heavy (non-hydrogen) atoms. The van der Waals surface area contributed by atoms with Crippen LogP contribution in [0.4, 0.5) is 0 Å².